The van der Waals surface area contributed by atoms with Gasteiger partial charge in [-0.15, -0.1) is 0 Å². The first kappa shape index (κ1) is 24.9. The molecule has 3 nitrogen and oxygen atoms in total. The number of rotatable bonds is 11. The van der Waals surface area contributed by atoms with Gasteiger partial charge in [0.15, 0.2) is 8.32 Å². The molecule has 0 spiro atoms. The minimum atomic E-state index is -1.70. The van der Waals surface area contributed by atoms with Gasteiger partial charge in [0.25, 0.3) is 0 Å². The van der Waals surface area contributed by atoms with Crippen molar-refractivity contribution >= 4 is 16.6 Å². The molecule has 3 unspecified atom stereocenters. The van der Waals surface area contributed by atoms with Crippen LogP contribution in [-0.4, -0.2) is 28.7 Å². The van der Waals surface area contributed by atoms with Crippen molar-refractivity contribution in [1.29, 1.82) is 0 Å². The van der Waals surface area contributed by atoms with Crippen LogP contribution in [-0.2, 0) is 10.8 Å². The van der Waals surface area contributed by atoms with Crippen molar-refractivity contribution in [3.05, 3.63) is 65.7 Å². The van der Waals surface area contributed by atoms with E-state index in [9.17, 15) is 0 Å². The van der Waals surface area contributed by atoms with Crippen LogP contribution in [0.25, 0.3) is 0 Å². The van der Waals surface area contributed by atoms with Crippen LogP contribution in [0, 0.1) is 0 Å². The van der Waals surface area contributed by atoms with Crippen LogP contribution in [0.15, 0.2) is 54.6 Å². The second-order valence-corrected chi connectivity index (χ2v) is 19.2. The Balaban J connectivity index is 2.05. The Morgan fingerprint density at radius 2 is 1.40 bits per heavy atom. The molecule has 1 N–H and O–H groups in total. The summed E-state index contributed by atoms with van der Waals surface area (Å²) < 4.78 is 12.8. The highest BCUT2D eigenvalue weighted by Crippen LogP contribution is 2.28. The van der Waals surface area contributed by atoms with Gasteiger partial charge in [0.05, 0.1) is 6.10 Å². The predicted molar refractivity (Wildman–Crippen MR) is 134 cm³/mol. The molecule has 0 aliphatic carbocycles. The van der Waals surface area contributed by atoms with Crippen molar-refractivity contribution in [3.8, 4) is 5.75 Å². The van der Waals surface area contributed by atoms with Crippen molar-refractivity contribution in [3.63, 3.8) is 0 Å². The van der Waals surface area contributed by atoms with E-state index in [-0.39, 0.29) is 12.1 Å². The first-order valence-electron chi connectivity index (χ1n) is 11.2. The fourth-order valence-corrected chi connectivity index (χ4v) is 5.51. The zero-order valence-corrected chi connectivity index (χ0v) is 22.2. The third-order valence-corrected chi connectivity index (χ3v) is 6.63. The van der Waals surface area contributed by atoms with Crippen molar-refractivity contribution in [1.82, 2.24) is 5.32 Å². The highest BCUT2D eigenvalue weighted by atomic mass is 28.4. The largest absolute Gasteiger partial charge is 0.544 e. The number of hydrogen-bond donors (Lipinski definition) is 1. The molecule has 0 fully saturated rings. The Hall–Kier alpha value is -1.41. The first-order valence-corrected chi connectivity index (χ1v) is 18.0. The van der Waals surface area contributed by atoms with Gasteiger partial charge in [-0.3, -0.25) is 0 Å². The van der Waals surface area contributed by atoms with Gasteiger partial charge in [-0.05, 0) is 89.2 Å². The second-order valence-electron chi connectivity index (χ2n) is 10.3. The summed E-state index contributed by atoms with van der Waals surface area (Å²) in [5.74, 6) is 0.960. The van der Waals surface area contributed by atoms with Crippen LogP contribution < -0.4 is 9.74 Å². The molecule has 0 amide bonds. The third kappa shape index (κ3) is 9.17. The number of aryl methyl sites for hydroxylation is 1. The minimum absolute atomic E-state index is 0.0387. The molecule has 2 aromatic rings. The Morgan fingerprint density at radius 1 is 0.800 bits per heavy atom. The van der Waals surface area contributed by atoms with Gasteiger partial charge in [0, 0.05) is 12.1 Å². The van der Waals surface area contributed by atoms with Crippen LogP contribution in [0.4, 0.5) is 0 Å². The van der Waals surface area contributed by atoms with E-state index in [1.165, 1.54) is 11.1 Å². The molecule has 0 saturated carbocycles. The smallest absolute Gasteiger partial charge is 0.242 e. The van der Waals surface area contributed by atoms with Crippen LogP contribution in [0.2, 0.25) is 39.3 Å². The van der Waals surface area contributed by atoms with E-state index < -0.39 is 16.6 Å². The quantitative estimate of drug-likeness (QED) is 0.388. The summed E-state index contributed by atoms with van der Waals surface area (Å²) in [6.07, 6.45) is 2.23. The lowest BCUT2D eigenvalue weighted by molar-refractivity contribution is 0.147. The second kappa shape index (κ2) is 10.8. The van der Waals surface area contributed by atoms with Crippen LogP contribution in [0.1, 0.15) is 37.5 Å². The molecule has 0 aliphatic heterocycles. The van der Waals surface area contributed by atoms with Crippen molar-refractivity contribution in [2.75, 3.05) is 0 Å². The van der Waals surface area contributed by atoms with Crippen molar-refractivity contribution in [2.24, 2.45) is 0 Å². The molecule has 0 heterocycles. The van der Waals surface area contributed by atoms with Crippen molar-refractivity contribution in [2.45, 2.75) is 84.2 Å². The van der Waals surface area contributed by atoms with Crippen LogP contribution >= 0.6 is 0 Å². The van der Waals surface area contributed by atoms with E-state index >= 15 is 0 Å². The Labute approximate surface area is 186 Å². The maximum atomic E-state index is 6.63. The molecule has 30 heavy (non-hydrogen) atoms. The SMILES string of the molecule is CC(CCc1ccccc1)NC(C)C(O[Si](C)(C)C)c1ccc(O[Si](C)(C)C)cc1. The topological polar surface area (TPSA) is 30.5 Å². The van der Waals surface area contributed by atoms with Gasteiger partial charge in [-0.2, -0.15) is 0 Å². The molecule has 2 rings (SSSR count). The number of nitrogens with one attached hydrogen (secondary N) is 1. The molecule has 2 aromatic carbocycles. The predicted octanol–water partition coefficient (Wildman–Crippen LogP) is 6.79. The third-order valence-electron chi connectivity index (χ3n) is 4.82. The van der Waals surface area contributed by atoms with Gasteiger partial charge in [-0.1, -0.05) is 42.5 Å². The average molecular weight is 444 g/mol. The molecule has 0 saturated heterocycles. The van der Waals surface area contributed by atoms with Crippen molar-refractivity contribution < 1.29 is 8.85 Å². The van der Waals surface area contributed by atoms with E-state index in [1.807, 2.05) is 0 Å². The Kier molecular flexibility index (Phi) is 8.91. The van der Waals surface area contributed by atoms with Crippen LogP contribution in [0.5, 0.6) is 5.75 Å². The number of benzene rings is 2. The lowest BCUT2D eigenvalue weighted by atomic mass is 10.0. The van der Waals surface area contributed by atoms with Gasteiger partial charge >= 0.3 is 0 Å². The fourth-order valence-electron chi connectivity index (χ4n) is 3.57. The summed E-state index contributed by atoms with van der Waals surface area (Å²) in [5, 5.41) is 3.80. The summed E-state index contributed by atoms with van der Waals surface area (Å²) >= 11 is 0. The summed E-state index contributed by atoms with van der Waals surface area (Å²) in [6, 6.07) is 19.9. The first-order chi connectivity index (χ1) is 13.9. The summed E-state index contributed by atoms with van der Waals surface area (Å²) in [5.41, 5.74) is 2.61. The normalized spacial score (nSPS) is 15.5. The number of hydrogen-bond acceptors (Lipinski definition) is 3. The molecular formula is C25H41NO2Si2. The molecule has 0 bridgehead atoms. The molecule has 5 heteroatoms. The zero-order chi connectivity index (χ0) is 22.4. The minimum Gasteiger partial charge on any atom is -0.544 e. The fraction of sp³-hybridized carbons (Fsp3) is 0.520. The highest BCUT2D eigenvalue weighted by Gasteiger charge is 2.28. The molecule has 0 radical (unpaired) electrons. The van der Waals surface area contributed by atoms with Gasteiger partial charge < -0.3 is 14.2 Å². The van der Waals surface area contributed by atoms with E-state index in [4.69, 9.17) is 8.85 Å². The van der Waals surface area contributed by atoms with Gasteiger partial charge in [0.1, 0.15) is 5.75 Å². The Morgan fingerprint density at radius 3 is 1.93 bits per heavy atom. The molecular weight excluding hydrogens is 402 g/mol. The average Bonchev–Trinajstić information content (AvgIpc) is 2.64. The highest BCUT2D eigenvalue weighted by molar-refractivity contribution is 6.70. The van der Waals surface area contributed by atoms with Crippen LogP contribution in [0.3, 0.4) is 0 Å². The molecule has 0 aromatic heterocycles. The monoisotopic (exact) mass is 443 g/mol. The maximum absolute atomic E-state index is 6.63. The summed E-state index contributed by atoms with van der Waals surface area (Å²) in [4.78, 5) is 0. The lowest BCUT2D eigenvalue weighted by Crippen LogP contribution is -2.43. The standard InChI is InChI=1S/C25H41NO2Si2/c1-20(14-15-22-12-10-9-11-13-22)26-21(2)25(28-30(6,7)8)23-16-18-24(19-17-23)27-29(3,4)5/h9-13,16-21,25-26H,14-15H2,1-8H3. The summed E-state index contributed by atoms with van der Waals surface area (Å²) in [6.45, 7) is 17.9. The lowest BCUT2D eigenvalue weighted by Gasteiger charge is -2.33. The van der Waals surface area contributed by atoms with E-state index in [2.05, 4.69) is 113 Å². The zero-order valence-electron chi connectivity index (χ0n) is 20.2. The van der Waals surface area contributed by atoms with E-state index in [0.717, 1.165) is 18.6 Å². The van der Waals surface area contributed by atoms with E-state index in [0.29, 0.717) is 6.04 Å². The van der Waals surface area contributed by atoms with Gasteiger partial charge in [0.2, 0.25) is 8.32 Å². The summed E-state index contributed by atoms with van der Waals surface area (Å²) in [7, 11) is -3.30. The molecule has 166 valence electrons. The maximum Gasteiger partial charge on any atom is 0.242 e. The molecule has 3 atom stereocenters. The molecule has 0 aliphatic rings. The van der Waals surface area contributed by atoms with E-state index in [1.54, 1.807) is 0 Å². The van der Waals surface area contributed by atoms with Gasteiger partial charge in [-0.25, -0.2) is 0 Å². The Bertz CT molecular complexity index is 751.